The first-order valence-electron chi connectivity index (χ1n) is 4.94. The van der Waals surface area contributed by atoms with Crippen LogP contribution in [0, 0.1) is 0 Å². The van der Waals surface area contributed by atoms with Crippen molar-refractivity contribution >= 4 is 17.1 Å². The summed E-state index contributed by atoms with van der Waals surface area (Å²) in [5.74, 6) is 0.211. The minimum atomic E-state index is 0.211. The number of thiophene rings is 1. The van der Waals surface area contributed by atoms with E-state index in [1.807, 2.05) is 13.0 Å². The summed E-state index contributed by atoms with van der Waals surface area (Å²) in [5, 5.41) is 2.07. The molecule has 0 aromatic carbocycles. The molecule has 0 unspecified atom stereocenters. The Hall–Kier alpha value is -0.670. The Morgan fingerprint density at radius 2 is 2.43 bits per heavy atom. The van der Waals surface area contributed by atoms with Gasteiger partial charge in [0, 0.05) is 17.9 Å². The molecular weight excluding hydrogens is 196 g/mol. The lowest BCUT2D eigenvalue weighted by atomic mass is 10.1. The molecule has 0 aliphatic carbocycles. The van der Waals surface area contributed by atoms with Crippen LogP contribution in [0.3, 0.4) is 0 Å². The summed E-state index contributed by atoms with van der Waals surface area (Å²) in [6, 6.07) is 4.15. The molecule has 0 aliphatic heterocycles. The predicted molar refractivity (Wildman–Crippen MR) is 58.8 cm³/mol. The van der Waals surface area contributed by atoms with Crippen LogP contribution in [0.2, 0.25) is 0 Å². The third-order valence-electron chi connectivity index (χ3n) is 1.93. The van der Waals surface area contributed by atoms with Crippen molar-refractivity contribution in [3.8, 4) is 0 Å². The topological polar surface area (TPSA) is 26.3 Å². The van der Waals surface area contributed by atoms with Gasteiger partial charge in [0.25, 0.3) is 0 Å². The Labute approximate surface area is 88.9 Å². The van der Waals surface area contributed by atoms with E-state index in [1.165, 1.54) is 4.88 Å². The van der Waals surface area contributed by atoms with Crippen LogP contribution in [0.15, 0.2) is 17.5 Å². The summed E-state index contributed by atoms with van der Waals surface area (Å²) < 4.78 is 5.04. The van der Waals surface area contributed by atoms with Gasteiger partial charge in [-0.3, -0.25) is 4.79 Å². The molecule has 0 radical (unpaired) electrons. The fraction of sp³-hybridized carbons (Fsp3) is 0.545. The van der Waals surface area contributed by atoms with Gasteiger partial charge >= 0.3 is 0 Å². The van der Waals surface area contributed by atoms with E-state index in [0.717, 1.165) is 12.8 Å². The molecule has 1 aromatic rings. The zero-order chi connectivity index (χ0) is 10.2. The first kappa shape index (κ1) is 11.4. The molecule has 1 rings (SSSR count). The second-order valence-corrected chi connectivity index (χ2v) is 4.14. The van der Waals surface area contributed by atoms with Crippen molar-refractivity contribution in [1.29, 1.82) is 0 Å². The van der Waals surface area contributed by atoms with E-state index in [9.17, 15) is 4.79 Å². The maximum Gasteiger partial charge on any atom is 0.158 e. The second kappa shape index (κ2) is 6.74. The van der Waals surface area contributed by atoms with E-state index in [-0.39, 0.29) is 12.4 Å². The lowest BCUT2D eigenvalue weighted by molar-refractivity contribution is -0.123. The summed E-state index contributed by atoms with van der Waals surface area (Å²) in [5.41, 5.74) is 0. The fourth-order valence-electron chi connectivity index (χ4n) is 1.20. The van der Waals surface area contributed by atoms with E-state index in [2.05, 4.69) is 11.4 Å². The third-order valence-corrected chi connectivity index (χ3v) is 2.86. The molecule has 78 valence electrons. The molecule has 0 N–H and O–H groups in total. The zero-order valence-electron chi connectivity index (χ0n) is 8.49. The van der Waals surface area contributed by atoms with Crippen molar-refractivity contribution in [3.63, 3.8) is 0 Å². The van der Waals surface area contributed by atoms with Gasteiger partial charge in [0.05, 0.1) is 0 Å². The van der Waals surface area contributed by atoms with Crippen LogP contribution in [0.4, 0.5) is 0 Å². The maximum absolute atomic E-state index is 11.2. The first-order chi connectivity index (χ1) is 6.83. The normalized spacial score (nSPS) is 10.4. The summed E-state index contributed by atoms with van der Waals surface area (Å²) in [4.78, 5) is 12.6. The number of hydrogen-bond donors (Lipinski definition) is 0. The highest BCUT2D eigenvalue weighted by atomic mass is 32.1. The Morgan fingerprint density at radius 3 is 3.07 bits per heavy atom. The molecule has 1 aromatic heterocycles. The summed E-state index contributed by atoms with van der Waals surface area (Å²) in [6.45, 7) is 2.80. The van der Waals surface area contributed by atoms with Gasteiger partial charge in [-0.25, -0.2) is 0 Å². The van der Waals surface area contributed by atoms with Crippen LogP contribution in [0.1, 0.15) is 24.6 Å². The van der Waals surface area contributed by atoms with Crippen molar-refractivity contribution in [3.05, 3.63) is 22.4 Å². The predicted octanol–water partition coefficient (Wildman–Crippen LogP) is 2.68. The number of ketones is 1. The average Bonchev–Trinajstić information content (AvgIpc) is 2.67. The minimum Gasteiger partial charge on any atom is -0.374 e. The third kappa shape index (κ3) is 4.53. The smallest absolute Gasteiger partial charge is 0.158 e. The van der Waals surface area contributed by atoms with Crippen molar-refractivity contribution in [2.75, 3.05) is 13.2 Å². The molecule has 0 fully saturated rings. The monoisotopic (exact) mass is 212 g/mol. The Balaban J connectivity index is 2.06. The largest absolute Gasteiger partial charge is 0.374 e. The van der Waals surface area contributed by atoms with E-state index >= 15 is 0 Å². The quantitative estimate of drug-likeness (QED) is 0.694. The molecule has 1 heterocycles. The van der Waals surface area contributed by atoms with Crippen molar-refractivity contribution in [2.24, 2.45) is 0 Å². The standard InChI is InChI=1S/C11H16O2S/c1-2-13-9-10(12)5-3-6-11-7-4-8-14-11/h4,7-8H,2-3,5-6,9H2,1H3. The first-order valence-corrected chi connectivity index (χ1v) is 5.82. The van der Waals surface area contributed by atoms with Crippen molar-refractivity contribution in [1.82, 2.24) is 0 Å². The molecule has 0 atom stereocenters. The SMILES string of the molecule is CCOCC(=O)CCCc1cccs1. The molecule has 0 bridgehead atoms. The zero-order valence-corrected chi connectivity index (χ0v) is 9.31. The van der Waals surface area contributed by atoms with E-state index in [0.29, 0.717) is 13.0 Å². The van der Waals surface area contributed by atoms with Crippen LogP contribution >= 0.6 is 11.3 Å². The van der Waals surface area contributed by atoms with Crippen LogP contribution in [-0.4, -0.2) is 19.0 Å². The Morgan fingerprint density at radius 1 is 1.57 bits per heavy atom. The van der Waals surface area contributed by atoms with Crippen LogP contribution < -0.4 is 0 Å². The van der Waals surface area contributed by atoms with Gasteiger partial charge in [0.15, 0.2) is 5.78 Å². The highest BCUT2D eigenvalue weighted by Crippen LogP contribution is 2.11. The second-order valence-electron chi connectivity index (χ2n) is 3.11. The van der Waals surface area contributed by atoms with Crippen LogP contribution in [-0.2, 0) is 16.0 Å². The lowest BCUT2D eigenvalue weighted by Crippen LogP contribution is -2.08. The number of rotatable bonds is 7. The van der Waals surface area contributed by atoms with Crippen molar-refractivity contribution < 1.29 is 9.53 Å². The number of hydrogen-bond acceptors (Lipinski definition) is 3. The van der Waals surface area contributed by atoms with Gasteiger partial charge in [-0.2, -0.15) is 0 Å². The fourth-order valence-corrected chi connectivity index (χ4v) is 1.95. The van der Waals surface area contributed by atoms with Gasteiger partial charge in [-0.15, -0.1) is 11.3 Å². The minimum absolute atomic E-state index is 0.211. The van der Waals surface area contributed by atoms with Gasteiger partial charge in [-0.1, -0.05) is 6.07 Å². The Bertz CT molecular complexity index is 254. The number of ether oxygens (including phenoxy) is 1. The highest BCUT2D eigenvalue weighted by molar-refractivity contribution is 7.09. The molecule has 0 saturated carbocycles. The molecule has 2 nitrogen and oxygen atoms in total. The number of carbonyl (C=O) groups excluding carboxylic acids is 1. The number of carbonyl (C=O) groups is 1. The molecule has 14 heavy (non-hydrogen) atoms. The summed E-state index contributed by atoms with van der Waals surface area (Å²) >= 11 is 1.75. The highest BCUT2D eigenvalue weighted by Gasteiger charge is 2.01. The van der Waals surface area contributed by atoms with Crippen LogP contribution in [0.5, 0.6) is 0 Å². The summed E-state index contributed by atoms with van der Waals surface area (Å²) in [6.07, 6.45) is 2.58. The maximum atomic E-state index is 11.2. The van der Waals surface area contributed by atoms with Gasteiger partial charge < -0.3 is 4.74 Å². The lowest BCUT2D eigenvalue weighted by Gasteiger charge is -2.00. The van der Waals surface area contributed by atoms with Gasteiger partial charge in [-0.05, 0) is 31.2 Å². The Kier molecular flexibility index (Phi) is 5.49. The average molecular weight is 212 g/mol. The van der Waals surface area contributed by atoms with E-state index < -0.39 is 0 Å². The number of aryl methyl sites for hydroxylation is 1. The van der Waals surface area contributed by atoms with E-state index in [4.69, 9.17) is 4.74 Å². The summed E-state index contributed by atoms with van der Waals surface area (Å²) in [7, 11) is 0. The molecule has 0 saturated heterocycles. The molecule has 0 aliphatic rings. The molecular formula is C11H16O2S. The number of Topliss-reactive ketones (excluding diaryl/α,β-unsaturated/α-hetero) is 1. The molecule has 0 spiro atoms. The van der Waals surface area contributed by atoms with Crippen LogP contribution in [0.25, 0.3) is 0 Å². The molecule has 3 heteroatoms. The van der Waals surface area contributed by atoms with Gasteiger partial charge in [0.1, 0.15) is 6.61 Å². The van der Waals surface area contributed by atoms with Crippen molar-refractivity contribution in [2.45, 2.75) is 26.2 Å². The molecule has 0 amide bonds. The van der Waals surface area contributed by atoms with Gasteiger partial charge in [0.2, 0.25) is 0 Å². The van der Waals surface area contributed by atoms with E-state index in [1.54, 1.807) is 11.3 Å².